The number of carbonyl (C=O) groups excluding carboxylic acids is 1. The number of fused-ring (bicyclic) bond motifs is 1. The Hall–Kier alpha value is -2.12. The molecule has 78 valence electrons. The fourth-order valence-corrected chi connectivity index (χ4v) is 2.37. The lowest BCUT2D eigenvalue weighted by atomic mass is 10.1. The van der Waals surface area contributed by atoms with Crippen LogP contribution in [0.15, 0.2) is 23.6 Å². The number of hydrogen-bond donors (Lipinski definition) is 1. The molecule has 0 fully saturated rings. The van der Waals surface area contributed by atoms with Crippen molar-refractivity contribution in [2.75, 3.05) is 0 Å². The van der Waals surface area contributed by atoms with Crippen LogP contribution in [-0.4, -0.2) is 17.4 Å². The van der Waals surface area contributed by atoms with Gasteiger partial charge in [-0.15, -0.1) is 11.3 Å². The maximum Gasteiger partial charge on any atom is 0.382 e. The van der Waals surface area contributed by atoms with E-state index in [-0.39, 0.29) is 0 Å². The van der Waals surface area contributed by atoms with Gasteiger partial charge in [-0.05, 0) is 6.07 Å². The van der Waals surface area contributed by atoms with Crippen molar-refractivity contribution in [1.29, 1.82) is 0 Å². The Balaban J connectivity index is 2.64. The van der Waals surface area contributed by atoms with Crippen LogP contribution in [0.5, 0.6) is 0 Å². The van der Waals surface area contributed by atoms with Crippen LogP contribution in [-0.2, 0) is 4.79 Å². The van der Waals surface area contributed by atoms with E-state index in [4.69, 9.17) is 5.11 Å². The van der Waals surface area contributed by atoms with Gasteiger partial charge in [0.15, 0.2) is 6.29 Å². The van der Waals surface area contributed by atoms with E-state index in [0.29, 0.717) is 11.1 Å². The monoisotopic (exact) mass is 230 g/mol. The second-order valence-corrected chi connectivity index (χ2v) is 3.93. The van der Waals surface area contributed by atoms with Gasteiger partial charge in [-0.1, -0.05) is 18.1 Å². The maximum atomic E-state index is 10.7. The number of carboxylic acid groups (broad SMARTS) is 1. The van der Waals surface area contributed by atoms with E-state index in [2.05, 4.69) is 11.8 Å². The maximum absolute atomic E-state index is 10.7. The van der Waals surface area contributed by atoms with Crippen LogP contribution in [0.4, 0.5) is 0 Å². The molecular formula is C12H6O3S. The standard InChI is InChI=1S/C12H6O3S/c13-6-9-7-16-12-8(4-5-11(14)15)2-1-3-10(9)12/h1-3,6-7H,(H,14,15). The summed E-state index contributed by atoms with van der Waals surface area (Å²) in [6.45, 7) is 0. The summed E-state index contributed by atoms with van der Waals surface area (Å²) >= 11 is 1.39. The fourth-order valence-electron chi connectivity index (χ4n) is 1.39. The number of benzene rings is 1. The average molecular weight is 230 g/mol. The van der Waals surface area contributed by atoms with Crippen molar-refractivity contribution >= 4 is 33.7 Å². The van der Waals surface area contributed by atoms with Crippen LogP contribution in [0, 0.1) is 11.8 Å². The summed E-state index contributed by atoms with van der Waals surface area (Å²) in [6, 6.07) is 5.32. The molecule has 0 atom stereocenters. The summed E-state index contributed by atoms with van der Waals surface area (Å²) in [5.74, 6) is 3.47. The van der Waals surface area contributed by atoms with Crippen LogP contribution >= 0.6 is 11.3 Å². The second kappa shape index (κ2) is 4.17. The van der Waals surface area contributed by atoms with Gasteiger partial charge in [-0.3, -0.25) is 4.79 Å². The molecule has 0 unspecified atom stereocenters. The number of hydrogen-bond acceptors (Lipinski definition) is 3. The third-order valence-corrected chi connectivity index (χ3v) is 3.11. The van der Waals surface area contributed by atoms with Crippen LogP contribution < -0.4 is 0 Å². The largest absolute Gasteiger partial charge is 0.472 e. The fraction of sp³-hybridized carbons (Fsp3) is 0. The SMILES string of the molecule is O=Cc1csc2c(C#CC(=O)O)cccc12. The molecule has 16 heavy (non-hydrogen) atoms. The molecule has 1 heterocycles. The predicted molar refractivity (Wildman–Crippen MR) is 61.7 cm³/mol. The molecule has 1 N–H and O–H groups in total. The predicted octanol–water partition coefficient (Wildman–Crippen LogP) is 2.15. The van der Waals surface area contributed by atoms with Crippen LogP contribution in [0.1, 0.15) is 15.9 Å². The minimum Gasteiger partial charge on any atom is -0.472 e. The summed E-state index contributed by atoms with van der Waals surface area (Å²) in [6.07, 6.45) is 0.785. The third kappa shape index (κ3) is 1.81. The van der Waals surface area contributed by atoms with Gasteiger partial charge < -0.3 is 5.11 Å². The molecule has 0 spiro atoms. The number of carboxylic acids is 1. The first-order valence-electron chi connectivity index (χ1n) is 4.42. The van der Waals surface area contributed by atoms with E-state index in [0.717, 1.165) is 16.4 Å². The molecule has 0 bridgehead atoms. The van der Waals surface area contributed by atoms with Crippen molar-refractivity contribution in [3.8, 4) is 11.8 Å². The zero-order valence-corrected chi connectivity index (χ0v) is 8.88. The summed E-state index contributed by atoms with van der Waals surface area (Å²) in [5.41, 5.74) is 1.25. The highest BCUT2D eigenvalue weighted by Crippen LogP contribution is 2.27. The molecule has 1 aromatic heterocycles. The summed E-state index contributed by atoms with van der Waals surface area (Å²) in [5, 5.41) is 11.0. The molecule has 3 nitrogen and oxygen atoms in total. The van der Waals surface area contributed by atoms with Gasteiger partial charge >= 0.3 is 5.97 Å². The van der Waals surface area contributed by atoms with E-state index in [1.807, 2.05) is 6.07 Å². The molecule has 0 saturated carbocycles. The van der Waals surface area contributed by atoms with Gasteiger partial charge in [0, 0.05) is 27.8 Å². The molecule has 1 aromatic carbocycles. The van der Waals surface area contributed by atoms with Crippen LogP contribution in [0.25, 0.3) is 10.1 Å². The average Bonchev–Trinajstić information content (AvgIpc) is 2.69. The Morgan fingerprint density at radius 3 is 2.94 bits per heavy atom. The van der Waals surface area contributed by atoms with Crippen LogP contribution in [0.3, 0.4) is 0 Å². The third-order valence-electron chi connectivity index (χ3n) is 2.06. The van der Waals surface area contributed by atoms with E-state index in [1.54, 1.807) is 17.5 Å². The molecular weight excluding hydrogens is 224 g/mol. The van der Waals surface area contributed by atoms with Crippen molar-refractivity contribution in [2.45, 2.75) is 0 Å². The van der Waals surface area contributed by atoms with Crippen LogP contribution in [0.2, 0.25) is 0 Å². The van der Waals surface area contributed by atoms with Gasteiger partial charge in [0.25, 0.3) is 0 Å². The van der Waals surface area contributed by atoms with Gasteiger partial charge in [-0.25, -0.2) is 4.79 Å². The Morgan fingerprint density at radius 1 is 1.44 bits per heavy atom. The normalized spacial score (nSPS) is 9.50. The molecule has 0 saturated heterocycles. The quantitative estimate of drug-likeness (QED) is 0.603. The topological polar surface area (TPSA) is 54.4 Å². The minimum atomic E-state index is -1.16. The van der Waals surface area contributed by atoms with Gasteiger partial charge in [0.05, 0.1) is 4.70 Å². The Labute approximate surface area is 95.3 Å². The van der Waals surface area contributed by atoms with Gasteiger partial charge in [0.2, 0.25) is 0 Å². The van der Waals surface area contributed by atoms with Crippen molar-refractivity contribution in [2.24, 2.45) is 0 Å². The van der Waals surface area contributed by atoms with E-state index in [9.17, 15) is 9.59 Å². The molecule has 2 aromatic rings. The first kappa shape index (κ1) is 10.4. The molecule has 0 radical (unpaired) electrons. The Morgan fingerprint density at radius 2 is 2.25 bits per heavy atom. The highest BCUT2D eigenvalue weighted by molar-refractivity contribution is 7.17. The first-order chi connectivity index (χ1) is 7.72. The van der Waals surface area contributed by atoms with Gasteiger partial charge in [-0.2, -0.15) is 0 Å². The van der Waals surface area contributed by atoms with E-state index < -0.39 is 5.97 Å². The zero-order valence-electron chi connectivity index (χ0n) is 8.06. The first-order valence-corrected chi connectivity index (χ1v) is 5.30. The summed E-state index contributed by atoms with van der Waals surface area (Å²) in [4.78, 5) is 21.1. The molecule has 0 amide bonds. The van der Waals surface area contributed by atoms with Gasteiger partial charge in [0.1, 0.15) is 0 Å². The molecule has 0 aliphatic heterocycles. The zero-order chi connectivity index (χ0) is 11.5. The van der Waals surface area contributed by atoms with E-state index in [1.165, 1.54) is 11.3 Å². The highest BCUT2D eigenvalue weighted by Gasteiger charge is 2.05. The second-order valence-electron chi connectivity index (χ2n) is 3.05. The molecule has 0 aliphatic rings. The van der Waals surface area contributed by atoms with Crippen molar-refractivity contribution in [3.05, 3.63) is 34.7 Å². The minimum absolute atomic E-state index is 0.610. The number of carbonyl (C=O) groups is 2. The highest BCUT2D eigenvalue weighted by atomic mass is 32.1. The number of thiophene rings is 1. The summed E-state index contributed by atoms with van der Waals surface area (Å²) < 4.78 is 0.846. The van der Waals surface area contributed by atoms with Crippen molar-refractivity contribution < 1.29 is 14.7 Å². The number of rotatable bonds is 1. The lowest BCUT2D eigenvalue weighted by molar-refractivity contribution is -0.130. The smallest absolute Gasteiger partial charge is 0.382 e. The Bertz CT molecular complexity index is 628. The number of aliphatic carboxylic acids is 1. The van der Waals surface area contributed by atoms with E-state index >= 15 is 0 Å². The molecule has 2 rings (SSSR count). The lowest BCUT2D eigenvalue weighted by Crippen LogP contribution is -1.87. The molecule has 4 heteroatoms. The number of aldehydes is 1. The Kier molecular flexibility index (Phi) is 2.71. The van der Waals surface area contributed by atoms with Crippen molar-refractivity contribution in [3.63, 3.8) is 0 Å². The lowest BCUT2D eigenvalue weighted by Gasteiger charge is -1.93. The summed E-state index contributed by atoms with van der Waals surface area (Å²) in [7, 11) is 0. The van der Waals surface area contributed by atoms with Crippen molar-refractivity contribution in [1.82, 2.24) is 0 Å². The molecule has 0 aliphatic carbocycles.